The van der Waals surface area contributed by atoms with Crippen LogP contribution in [0.3, 0.4) is 0 Å². The van der Waals surface area contributed by atoms with E-state index in [4.69, 9.17) is 18.9 Å². The van der Waals surface area contributed by atoms with E-state index >= 15 is 0 Å². The number of imide groups is 1. The highest BCUT2D eigenvalue weighted by Crippen LogP contribution is 2.38. The third-order valence-electron chi connectivity index (χ3n) is 7.76. The Balaban J connectivity index is 1.55. The fraction of sp³-hybridized carbons (Fsp3) is 0.500. The summed E-state index contributed by atoms with van der Waals surface area (Å²) in [5.41, 5.74) is 2.17. The number of carbonyl (C=O) groups excluding carboxylic acids is 3. The zero-order valence-electron chi connectivity index (χ0n) is 23.6. The first kappa shape index (κ1) is 29.5. The van der Waals surface area contributed by atoms with Crippen LogP contribution in [-0.4, -0.2) is 87.5 Å². The Morgan fingerprint density at radius 1 is 0.925 bits per heavy atom. The number of methoxy groups -OCH3 is 4. The van der Waals surface area contributed by atoms with Crippen molar-refractivity contribution in [2.45, 2.75) is 50.6 Å². The van der Waals surface area contributed by atoms with Crippen LogP contribution in [0.1, 0.15) is 40.7 Å². The summed E-state index contributed by atoms with van der Waals surface area (Å²) in [6.45, 7) is 1.53. The van der Waals surface area contributed by atoms with Crippen LogP contribution < -0.4 is 10.1 Å². The summed E-state index contributed by atoms with van der Waals surface area (Å²) in [6, 6.07) is 13.9. The average molecular weight is 554 g/mol. The summed E-state index contributed by atoms with van der Waals surface area (Å²) in [4.78, 5) is 43.2. The summed E-state index contributed by atoms with van der Waals surface area (Å²) in [6.07, 6.45) is 1.22. The molecule has 0 bridgehead atoms. The van der Waals surface area contributed by atoms with Gasteiger partial charge in [-0.3, -0.25) is 14.5 Å². The molecule has 4 unspecified atom stereocenters. The molecular formula is C30H39N3O7. The smallest absolute Gasteiger partial charge is 0.327 e. The lowest BCUT2D eigenvalue weighted by Crippen LogP contribution is -2.64. The van der Waals surface area contributed by atoms with E-state index in [0.29, 0.717) is 43.9 Å². The predicted molar refractivity (Wildman–Crippen MR) is 148 cm³/mol. The van der Waals surface area contributed by atoms with Crippen molar-refractivity contribution in [2.24, 2.45) is 5.92 Å². The average Bonchev–Trinajstić information content (AvgIpc) is 2.99. The van der Waals surface area contributed by atoms with Crippen LogP contribution in [0.2, 0.25) is 0 Å². The SMILES string of the molecule is COCCCNC(=O)c1ccc(CN2C(=O)C3CC(OC)C(OC)CC3N(Cc3cccc(OC)c3)C2=O)cc1. The highest BCUT2D eigenvalue weighted by atomic mass is 16.5. The highest BCUT2D eigenvalue weighted by molar-refractivity contribution is 5.99. The van der Waals surface area contributed by atoms with Gasteiger partial charge in [0.15, 0.2) is 0 Å². The van der Waals surface area contributed by atoms with Crippen molar-refractivity contribution in [3.63, 3.8) is 0 Å². The van der Waals surface area contributed by atoms with Crippen molar-refractivity contribution < 1.29 is 33.3 Å². The van der Waals surface area contributed by atoms with E-state index in [9.17, 15) is 14.4 Å². The first-order valence-corrected chi connectivity index (χ1v) is 13.6. The number of urea groups is 1. The van der Waals surface area contributed by atoms with Gasteiger partial charge in [-0.25, -0.2) is 4.79 Å². The van der Waals surface area contributed by atoms with Gasteiger partial charge in [0, 0.05) is 52.6 Å². The van der Waals surface area contributed by atoms with Gasteiger partial charge in [0.05, 0.1) is 31.8 Å². The Labute approximate surface area is 235 Å². The minimum Gasteiger partial charge on any atom is -0.497 e. The van der Waals surface area contributed by atoms with Crippen molar-refractivity contribution in [2.75, 3.05) is 41.6 Å². The Bertz CT molecular complexity index is 1170. The number of hydrogen-bond acceptors (Lipinski definition) is 7. The third-order valence-corrected chi connectivity index (χ3v) is 7.76. The molecule has 4 atom stereocenters. The van der Waals surface area contributed by atoms with E-state index < -0.39 is 5.92 Å². The van der Waals surface area contributed by atoms with Crippen molar-refractivity contribution >= 4 is 17.8 Å². The summed E-state index contributed by atoms with van der Waals surface area (Å²) in [5.74, 6) is -0.113. The Morgan fingerprint density at radius 2 is 1.65 bits per heavy atom. The lowest BCUT2D eigenvalue weighted by atomic mass is 9.77. The Kier molecular flexibility index (Phi) is 10.1. The summed E-state index contributed by atoms with van der Waals surface area (Å²) in [7, 11) is 6.48. The van der Waals surface area contributed by atoms with Gasteiger partial charge in [0.1, 0.15) is 5.75 Å². The number of benzene rings is 2. The molecule has 1 aliphatic carbocycles. The molecule has 0 radical (unpaired) electrons. The van der Waals surface area contributed by atoms with Gasteiger partial charge in [0.2, 0.25) is 5.91 Å². The summed E-state index contributed by atoms with van der Waals surface area (Å²) in [5, 5.41) is 2.86. The summed E-state index contributed by atoms with van der Waals surface area (Å²) >= 11 is 0. The molecule has 2 aliphatic rings. The van der Waals surface area contributed by atoms with E-state index in [2.05, 4.69) is 5.32 Å². The molecule has 0 aromatic heterocycles. The molecule has 4 rings (SSSR count). The maximum absolute atomic E-state index is 13.9. The first-order valence-electron chi connectivity index (χ1n) is 13.6. The number of ether oxygens (including phenoxy) is 4. The fourth-order valence-electron chi connectivity index (χ4n) is 5.57. The van der Waals surface area contributed by atoms with Gasteiger partial charge >= 0.3 is 6.03 Å². The van der Waals surface area contributed by atoms with Gasteiger partial charge in [-0.05, 0) is 54.7 Å². The molecule has 1 aliphatic heterocycles. The van der Waals surface area contributed by atoms with Crippen LogP contribution in [0.15, 0.2) is 48.5 Å². The second-order valence-electron chi connectivity index (χ2n) is 10.2. The lowest BCUT2D eigenvalue weighted by Gasteiger charge is -2.50. The van der Waals surface area contributed by atoms with Crippen molar-refractivity contribution in [3.8, 4) is 5.75 Å². The van der Waals surface area contributed by atoms with E-state index in [1.165, 1.54) is 4.90 Å². The van der Waals surface area contributed by atoms with Gasteiger partial charge in [-0.15, -0.1) is 0 Å². The number of amides is 4. The molecule has 10 heteroatoms. The molecule has 0 spiro atoms. The number of fused-ring (bicyclic) bond motifs is 1. The maximum Gasteiger partial charge on any atom is 0.327 e. The zero-order chi connectivity index (χ0) is 28.6. The molecule has 40 heavy (non-hydrogen) atoms. The second kappa shape index (κ2) is 13.7. The molecule has 216 valence electrons. The standard InChI is InChI=1S/C30H39N3O7/c1-37-14-6-13-31-28(34)22-11-9-20(10-12-22)18-33-29(35)24-16-26(39-3)27(40-4)17-25(24)32(30(33)36)19-21-7-5-8-23(15-21)38-2/h5,7-12,15,24-27H,6,13-14,16-19H2,1-4H3,(H,31,34). The highest BCUT2D eigenvalue weighted by Gasteiger charge is 2.51. The van der Waals surface area contributed by atoms with Gasteiger partial charge in [-0.1, -0.05) is 24.3 Å². The van der Waals surface area contributed by atoms with Crippen LogP contribution in [0, 0.1) is 5.92 Å². The second-order valence-corrected chi connectivity index (χ2v) is 10.2. The molecular weight excluding hydrogens is 514 g/mol. The number of carbonyl (C=O) groups is 3. The molecule has 10 nitrogen and oxygen atoms in total. The maximum atomic E-state index is 13.9. The van der Waals surface area contributed by atoms with Crippen LogP contribution >= 0.6 is 0 Å². The number of nitrogens with one attached hydrogen (secondary N) is 1. The topological polar surface area (TPSA) is 107 Å². The Hall–Kier alpha value is -3.47. The molecule has 2 aromatic carbocycles. The molecule has 2 aromatic rings. The lowest BCUT2D eigenvalue weighted by molar-refractivity contribution is -0.152. The molecule has 4 amide bonds. The van der Waals surface area contributed by atoms with Crippen LogP contribution in [0.5, 0.6) is 5.75 Å². The monoisotopic (exact) mass is 553 g/mol. The van der Waals surface area contributed by atoms with E-state index in [-0.39, 0.29) is 42.6 Å². The van der Waals surface area contributed by atoms with Crippen LogP contribution in [0.4, 0.5) is 4.79 Å². The van der Waals surface area contributed by atoms with Crippen molar-refractivity contribution in [1.29, 1.82) is 0 Å². The molecule has 1 N–H and O–H groups in total. The van der Waals surface area contributed by atoms with Gasteiger partial charge in [-0.2, -0.15) is 0 Å². The normalized spacial score (nSPS) is 22.7. The summed E-state index contributed by atoms with van der Waals surface area (Å²) < 4.78 is 21.8. The largest absolute Gasteiger partial charge is 0.497 e. The molecule has 1 saturated heterocycles. The number of hydrogen-bond donors (Lipinski definition) is 1. The molecule has 1 heterocycles. The van der Waals surface area contributed by atoms with Crippen LogP contribution in [-0.2, 0) is 32.1 Å². The van der Waals surface area contributed by atoms with E-state index in [0.717, 1.165) is 17.5 Å². The minimum atomic E-state index is -0.420. The predicted octanol–water partition coefficient (Wildman–Crippen LogP) is 3.23. The van der Waals surface area contributed by atoms with Crippen molar-refractivity contribution in [3.05, 3.63) is 65.2 Å². The first-order chi connectivity index (χ1) is 19.4. The minimum absolute atomic E-state index is 0.108. The number of rotatable bonds is 12. The van der Waals surface area contributed by atoms with Crippen molar-refractivity contribution in [1.82, 2.24) is 15.1 Å². The quantitative estimate of drug-likeness (QED) is 0.402. The molecule has 1 saturated carbocycles. The van der Waals surface area contributed by atoms with Gasteiger partial charge < -0.3 is 29.2 Å². The van der Waals surface area contributed by atoms with E-state index in [1.54, 1.807) is 57.6 Å². The fourth-order valence-corrected chi connectivity index (χ4v) is 5.57. The zero-order valence-corrected chi connectivity index (χ0v) is 23.6. The van der Waals surface area contributed by atoms with E-state index in [1.807, 2.05) is 24.3 Å². The third kappa shape index (κ3) is 6.63. The molecule has 2 fully saturated rings. The van der Waals surface area contributed by atoms with Crippen LogP contribution in [0.25, 0.3) is 0 Å². The van der Waals surface area contributed by atoms with Gasteiger partial charge in [0.25, 0.3) is 5.91 Å². The Morgan fingerprint density at radius 3 is 2.33 bits per heavy atom. The number of nitrogens with zero attached hydrogens (tertiary/aromatic N) is 2.